The molecule has 0 saturated heterocycles. The van der Waals surface area contributed by atoms with Gasteiger partial charge < -0.3 is 0 Å². The fourth-order valence-corrected chi connectivity index (χ4v) is 3.57. The molecule has 0 N–H and O–H groups in total. The van der Waals surface area contributed by atoms with E-state index in [2.05, 4.69) is 47.2 Å². The van der Waals surface area contributed by atoms with E-state index in [9.17, 15) is 0 Å². The molecule has 2 heterocycles. The van der Waals surface area contributed by atoms with Crippen LogP contribution in [0.2, 0.25) is 0 Å². The molecule has 0 aliphatic heterocycles. The molecule has 17 heavy (non-hydrogen) atoms. The van der Waals surface area contributed by atoms with Gasteiger partial charge in [-0.15, -0.1) is 22.7 Å². The van der Waals surface area contributed by atoms with Crippen molar-refractivity contribution in [2.24, 2.45) is 0 Å². The number of hydrogen-bond acceptors (Lipinski definition) is 2. The van der Waals surface area contributed by atoms with Gasteiger partial charge in [-0.05, 0) is 65.5 Å². The second-order valence-electron chi connectivity index (χ2n) is 4.22. The SMILES string of the molecule is C(=C1CCCC1=Cc1cccs1)c1cccs1. The fraction of sp³-hybridized carbons (Fsp3) is 0.200. The average Bonchev–Trinajstić information content (AvgIpc) is 3.04. The van der Waals surface area contributed by atoms with Crippen molar-refractivity contribution in [1.29, 1.82) is 0 Å². The summed E-state index contributed by atoms with van der Waals surface area (Å²) in [4.78, 5) is 2.75. The van der Waals surface area contributed by atoms with Gasteiger partial charge in [-0.1, -0.05) is 12.1 Å². The van der Waals surface area contributed by atoms with Crippen molar-refractivity contribution in [3.8, 4) is 0 Å². The molecule has 0 radical (unpaired) electrons. The molecule has 0 spiro atoms. The molecule has 86 valence electrons. The third kappa shape index (κ3) is 2.59. The molecule has 1 aliphatic rings. The van der Waals surface area contributed by atoms with Crippen LogP contribution in [0.4, 0.5) is 0 Å². The van der Waals surface area contributed by atoms with Crippen LogP contribution in [0.1, 0.15) is 29.0 Å². The molecular formula is C15H14S2. The van der Waals surface area contributed by atoms with Crippen LogP contribution in [0.15, 0.2) is 46.2 Å². The molecule has 0 nitrogen and oxygen atoms in total. The van der Waals surface area contributed by atoms with Crippen LogP contribution in [0.5, 0.6) is 0 Å². The molecule has 2 aromatic heterocycles. The highest BCUT2D eigenvalue weighted by molar-refractivity contribution is 7.11. The van der Waals surface area contributed by atoms with Gasteiger partial charge in [0, 0.05) is 9.75 Å². The smallest absolute Gasteiger partial charge is 0.0273 e. The Morgan fingerprint density at radius 2 is 1.35 bits per heavy atom. The highest BCUT2D eigenvalue weighted by Gasteiger charge is 2.13. The van der Waals surface area contributed by atoms with E-state index in [-0.39, 0.29) is 0 Å². The van der Waals surface area contributed by atoms with Crippen molar-refractivity contribution >= 4 is 34.8 Å². The van der Waals surface area contributed by atoms with Gasteiger partial charge in [0.2, 0.25) is 0 Å². The highest BCUT2D eigenvalue weighted by Crippen LogP contribution is 2.34. The Kier molecular flexibility index (Phi) is 3.25. The first-order valence-electron chi connectivity index (χ1n) is 5.90. The van der Waals surface area contributed by atoms with Crippen LogP contribution in [-0.2, 0) is 0 Å². The third-order valence-corrected chi connectivity index (χ3v) is 4.66. The largest absolute Gasteiger partial charge is 0.144 e. The van der Waals surface area contributed by atoms with Crippen LogP contribution in [0.3, 0.4) is 0 Å². The van der Waals surface area contributed by atoms with Crippen LogP contribution in [0.25, 0.3) is 12.2 Å². The normalized spacial score (nSPS) is 20.5. The zero-order chi connectivity index (χ0) is 11.5. The Labute approximate surface area is 110 Å². The zero-order valence-corrected chi connectivity index (χ0v) is 11.2. The molecule has 2 aromatic rings. The molecule has 3 rings (SSSR count). The zero-order valence-electron chi connectivity index (χ0n) is 9.56. The van der Waals surface area contributed by atoms with Crippen molar-refractivity contribution in [2.45, 2.75) is 19.3 Å². The van der Waals surface area contributed by atoms with Crippen molar-refractivity contribution < 1.29 is 0 Å². The molecule has 1 fully saturated rings. The lowest BCUT2D eigenvalue weighted by atomic mass is 10.1. The van der Waals surface area contributed by atoms with E-state index in [1.54, 1.807) is 0 Å². The quantitative estimate of drug-likeness (QED) is 0.671. The summed E-state index contributed by atoms with van der Waals surface area (Å²) in [5, 5.41) is 4.29. The number of thiophene rings is 2. The molecular weight excluding hydrogens is 244 g/mol. The van der Waals surface area contributed by atoms with E-state index in [4.69, 9.17) is 0 Å². The number of rotatable bonds is 2. The van der Waals surface area contributed by atoms with Gasteiger partial charge >= 0.3 is 0 Å². The van der Waals surface area contributed by atoms with E-state index >= 15 is 0 Å². The summed E-state index contributed by atoms with van der Waals surface area (Å²) in [7, 11) is 0. The lowest BCUT2D eigenvalue weighted by Gasteiger charge is -1.99. The lowest BCUT2D eigenvalue weighted by molar-refractivity contribution is 0.935. The first-order valence-corrected chi connectivity index (χ1v) is 7.66. The Morgan fingerprint density at radius 1 is 0.824 bits per heavy atom. The third-order valence-electron chi connectivity index (χ3n) is 3.02. The predicted octanol–water partition coefficient (Wildman–Crippen LogP) is 5.46. The number of allylic oxidation sites excluding steroid dienone is 2. The Hall–Kier alpha value is -1.12. The Morgan fingerprint density at radius 3 is 1.76 bits per heavy atom. The van der Waals surface area contributed by atoms with Gasteiger partial charge in [-0.2, -0.15) is 0 Å². The summed E-state index contributed by atoms with van der Waals surface area (Å²) in [5.41, 5.74) is 3.06. The van der Waals surface area contributed by atoms with Crippen molar-refractivity contribution in [3.05, 3.63) is 55.9 Å². The maximum atomic E-state index is 2.36. The van der Waals surface area contributed by atoms with E-state index in [0.717, 1.165) is 0 Å². The minimum Gasteiger partial charge on any atom is -0.144 e. The van der Waals surface area contributed by atoms with E-state index < -0.39 is 0 Å². The molecule has 1 saturated carbocycles. The maximum Gasteiger partial charge on any atom is 0.0273 e. The molecule has 0 atom stereocenters. The van der Waals surface area contributed by atoms with E-state index in [1.807, 2.05) is 22.7 Å². The second kappa shape index (κ2) is 5.03. The fourth-order valence-electron chi connectivity index (χ4n) is 2.21. The van der Waals surface area contributed by atoms with E-state index in [0.29, 0.717) is 0 Å². The summed E-state index contributed by atoms with van der Waals surface area (Å²) < 4.78 is 0. The second-order valence-corrected chi connectivity index (χ2v) is 6.18. The summed E-state index contributed by atoms with van der Waals surface area (Å²) in [6, 6.07) is 8.63. The van der Waals surface area contributed by atoms with Crippen molar-refractivity contribution in [1.82, 2.24) is 0 Å². The molecule has 0 aromatic carbocycles. The van der Waals surface area contributed by atoms with Crippen LogP contribution < -0.4 is 0 Å². The van der Waals surface area contributed by atoms with Gasteiger partial charge in [0.15, 0.2) is 0 Å². The minimum atomic E-state index is 1.23. The molecule has 0 bridgehead atoms. The van der Waals surface area contributed by atoms with Crippen molar-refractivity contribution in [2.75, 3.05) is 0 Å². The monoisotopic (exact) mass is 258 g/mol. The van der Waals surface area contributed by atoms with Crippen LogP contribution >= 0.6 is 22.7 Å². The van der Waals surface area contributed by atoms with Gasteiger partial charge in [-0.3, -0.25) is 0 Å². The van der Waals surface area contributed by atoms with Crippen LogP contribution in [-0.4, -0.2) is 0 Å². The minimum absolute atomic E-state index is 1.23. The molecule has 0 unspecified atom stereocenters. The first-order chi connectivity index (χ1) is 8.42. The van der Waals surface area contributed by atoms with Crippen LogP contribution in [0, 0.1) is 0 Å². The Balaban J connectivity index is 1.90. The molecule has 0 amide bonds. The van der Waals surface area contributed by atoms with Gasteiger partial charge in [0.25, 0.3) is 0 Å². The maximum absolute atomic E-state index is 2.36. The summed E-state index contributed by atoms with van der Waals surface area (Å²) in [6.45, 7) is 0. The van der Waals surface area contributed by atoms with Gasteiger partial charge in [-0.25, -0.2) is 0 Å². The Bertz CT molecular complexity index is 477. The van der Waals surface area contributed by atoms with Gasteiger partial charge in [0.1, 0.15) is 0 Å². The first kappa shape index (κ1) is 11.0. The van der Waals surface area contributed by atoms with E-state index in [1.165, 1.54) is 40.2 Å². The highest BCUT2D eigenvalue weighted by atomic mass is 32.1. The predicted molar refractivity (Wildman–Crippen MR) is 78.4 cm³/mol. The van der Waals surface area contributed by atoms with Crippen molar-refractivity contribution in [3.63, 3.8) is 0 Å². The number of hydrogen-bond donors (Lipinski definition) is 0. The summed E-state index contributed by atoms with van der Waals surface area (Å²) in [6.07, 6.45) is 8.48. The summed E-state index contributed by atoms with van der Waals surface area (Å²) in [5.74, 6) is 0. The van der Waals surface area contributed by atoms with Gasteiger partial charge in [0.05, 0.1) is 0 Å². The molecule has 1 aliphatic carbocycles. The molecule has 2 heteroatoms. The summed E-state index contributed by atoms with van der Waals surface area (Å²) >= 11 is 3.64. The average molecular weight is 258 g/mol. The standard InChI is InChI=1S/C15H14S2/c1-4-12(10-14-6-2-8-16-14)13(5-1)11-15-7-3-9-17-15/h2-3,6-11H,1,4-5H2. The topological polar surface area (TPSA) is 0 Å². The lowest BCUT2D eigenvalue weighted by Crippen LogP contribution is -1.78.